The Morgan fingerprint density at radius 1 is 1.20 bits per heavy atom. The summed E-state index contributed by atoms with van der Waals surface area (Å²) in [5, 5.41) is 3.91. The van der Waals surface area contributed by atoms with Gasteiger partial charge in [0.2, 0.25) is 0 Å². The van der Waals surface area contributed by atoms with Gasteiger partial charge in [0, 0.05) is 11.6 Å². The van der Waals surface area contributed by atoms with Crippen LogP contribution in [0.4, 0.5) is 0 Å². The largest absolute Gasteiger partial charge is 0.312 e. The minimum atomic E-state index is 0.479. The molecule has 2 rings (SSSR count). The Balaban J connectivity index is 2.05. The van der Waals surface area contributed by atoms with Crippen molar-refractivity contribution in [2.75, 3.05) is 19.6 Å². The van der Waals surface area contributed by atoms with Crippen LogP contribution in [0.3, 0.4) is 0 Å². The maximum absolute atomic E-state index is 3.91. The Morgan fingerprint density at radius 2 is 1.90 bits per heavy atom. The number of nitrogens with zero attached hydrogens (tertiary/aromatic N) is 1. The van der Waals surface area contributed by atoms with Crippen LogP contribution in [0.5, 0.6) is 0 Å². The zero-order valence-electron chi connectivity index (χ0n) is 13.5. The summed E-state index contributed by atoms with van der Waals surface area (Å²) in [5.41, 5.74) is 0.479. The Labute approximate surface area is 126 Å². The Hall–Kier alpha value is -0.340. The van der Waals surface area contributed by atoms with E-state index in [0.29, 0.717) is 11.6 Å². The minimum absolute atomic E-state index is 0.479. The van der Waals surface area contributed by atoms with E-state index in [9.17, 15) is 0 Å². The summed E-state index contributed by atoms with van der Waals surface area (Å²) < 4.78 is 0. The fraction of sp³-hybridized carbons (Fsp3) is 0.889. The topological polar surface area (TPSA) is 15.3 Å². The summed E-state index contributed by atoms with van der Waals surface area (Å²) in [6.45, 7) is 10.0. The molecule has 1 N–H and O–H groups in total. The van der Waals surface area contributed by atoms with Crippen LogP contribution >= 0.6 is 0 Å². The van der Waals surface area contributed by atoms with Crippen molar-refractivity contribution in [1.82, 2.24) is 10.2 Å². The van der Waals surface area contributed by atoms with Crippen LogP contribution in [0.15, 0.2) is 12.7 Å². The van der Waals surface area contributed by atoms with E-state index >= 15 is 0 Å². The van der Waals surface area contributed by atoms with Crippen molar-refractivity contribution in [3.8, 4) is 0 Å². The molecule has 0 aromatic carbocycles. The van der Waals surface area contributed by atoms with Crippen LogP contribution in [-0.2, 0) is 0 Å². The Kier molecular flexibility index (Phi) is 6.57. The Morgan fingerprint density at radius 3 is 2.50 bits per heavy atom. The first-order chi connectivity index (χ1) is 9.83. The monoisotopic (exact) mass is 278 g/mol. The van der Waals surface area contributed by atoms with E-state index in [2.05, 4.69) is 29.8 Å². The Bertz CT molecular complexity index is 275. The van der Waals surface area contributed by atoms with Gasteiger partial charge in [-0.05, 0) is 71.0 Å². The molecular formula is C18H34N2. The number of allylic oxidation sites excluding steroid dienone is 1. The quantitative estimate of drug-likeness (QED) is 0.504. The summed E-state index contributed by atoms with van der Waals surface area (Å²) in [5.74, 6) is 0. The fourth-order valence-corrected chi connectivity index (χ4v) is 4.38. The third-order valence-corrected chi connectivity index (χ3v) is 5.40. The van der Waals surface area contributed by atoms with Gasteiger partial charge in [0.15, 0.2) is 0 Å². The maximum Gasteiger partial charge on any atom is 0.0362 e. The van der Waals surface area contributed by atoms with Gasteiger partial charge >= 0.3 is 0 Å². The molecule has 1 unspecified atom stereocenters. The molecule has 1 saturated carbocycles. The molecule has 2 heteroatoms. The van der Waals surface area contributed by atoms with Gasteiger partial charge in [-0.1, -0.05) is 25.8 Å². The van der Waals surface area contributed by atoms with Gasteiger partial charge in [0.1, 0.15) is 0 Å². The van der Waals surface area contributed by atoms with Crippen LogP contribution in [0.25, 0.3) is 0 Å². The highest BCUT2D eigenvalue weighted by molar-refractivity contribution is 5.04. The lowest BCUT2D eigenvalue weighted by Gasteiger charge is -2.46. The standard InChI is InChI=1S/C18H34N2/c1-3-5-6-11-17(19-14-4-2)18(12-7-8-13-18)20-15-9-10-16-20/h3,17,19H,1,4-16H2,2H3. The van der Waals surface area contributed by atoms with E-state index in [4.69, 9.17) is 0 Å². The third-order valence-electron chi connectivity index (χ3n) is 5.40. The highest BCUT2D eigenvalue weighted by atomic mass is 15.2. The molecule has 1 atom stereocenters. The summed E-state index contributed by atoms with van der Waals surface area (Å²) in [7, 11) is 0. The van der Waals surface area contributed by atoms with Crippen molar-refractivity contribution in [3.63, 3.8) is 0 Å². The first kappa shape index (κ1) is 16.0. The van der Waals surface area contributed by atoms with Gasteiger partial charge in [-0.25, -0.2) is 0 Å². The molecule has 0 radical (unpaired) electrons. The van der Waals surface area contributed by atoms with E-state index in [-0.39, 0.29) is 0 Å². The number of hydrogen-bond acceptors (Lipinski definition) is 2. The summed E-state index contributed by atoms with van der Waals surface area (Å²) in [4.78, 5) is 2.85. The molecule has 20 heavy (non-hydrogen) atoms. The van der Waals surface area contributed by atoms with Crippen LogP contribution < -0.4 is 5.32 Å². The van der Waals surface area contributed by atoms with E-state index < -0.39 is 0 Å². The predicted octanol–water partition coefficient (Wildman–Crippen LogP) is 4.12. The summed E-state index contributed by atoms with van der Waals surface area (Å²) in [6.07, 6.45) is 15.6. The lowest BCUT2D eigenvalue weighted by Crippen LogP contribution is -2.59. The molecule has 1 aliphatic heterocycles. The second-order valence-electron chi connectivity index (χ2n) is 6.73. The van der Waals surface area contributed by atoms with Crippen molar-refractivity contribution >= 4 is 0 Å². The minimum Gasteiger partial charge on any atom is -0.312 e. The number of hydrogen-bond donors (Lipinski definition) is 1. The molecule has 1 saturated heterocycles. The molecule has 1 aliphatic carbocycles. The molecule has 0 aromatic rings. The molecule has 0 aromatic heterocycles. The molecule has 0 amide bonds. The van der Waals surface area contributed by atoms with Crippen molar-refractivity contribution < 1.29 is 0 Å². The van der Waals surface area contributed by atoms with Gasteiger partial charge in [0.05, 0.1) is 0 Å². The maximum atomic E-state index is 3.91. The first-order valence-corrected chi connectivity index (χ1v) is 8.93. The SMILES string of the molecule is C=CCCCC(NCCC)C1(N2CCCC2)CCCC1. The first-order valence-electron chi connectivity index (χ1n) is 8.93. The predicted molar refractivity (Wildman–Crippen MR) is 88.1 cm³/mol. The normalized spacial score (nSPS) is 24.1. The van der Waals surface area contributed by atoms with Crippen LogP contribution in [0.1, 0.15) is 71.1 Å². The third kappa shape index (κ3) is 3.65. The summed E-state index contributed by atoms with van der Waals surface area (Å²) in [6, 6.07) is 0.697. The van der Waals surface area contributed by atoms with Gasteiger partial charge in [-0.15, -0.1) is 6.58 Å². The molecule has 0 bridgehead atoms. The van der Waals surface area contributed by atoms with E-state index in [1.54, 1.807) is 0 Å². The van der Waals surface area contributed by atoms with Gasteiger partial charge in [-0.2, -0.15) is 0 Å². The van der Waals surface area contributed by atoms with Crippen LogP contribution in [0, 0.1) is 0 Å². The lowest BCUT2D eigenvalue weighted by molar-refractivity contribution is 0.0721. The zero-order chi connectivity index (χ0) is 14.3. The van der Waals surface area contributed by atoms with Crippen molar-refractivity contribution in [1.29, 1.82) is 0 Å². The number of likely N-dealkylation sites (tertiary alicyclic amines) is 1. The molecule has 2 aliphatic rings. The van der Waals surface area contributed by atoms with Gasteiger partial charge in [-0.3, -0.25) is 4.90 Å². The van der Waals surface area contributed by atoms with E-state index in [1.807, 2.05) is 0 Å². The fourth-order valence-electron chi connectivity index (χ4n) is 4.38. The highest BCUT2D eigenvalue weighted by Gasteiger charge is 2.45. The van der Waals surface area contributed by atoms with Crippen LogP contribution in [-0.4, -0.2) is 36.1 Å². The zero-order valence-corrected chi connectivity index (χ0v) is 13.5. The number of nitrogens with one attached hydrogen (secondary N) is 1. The highest BCUT2D eigenvalue weighted by Crippen LogP contribution is 2.41. The molecule has 1 heterocycles. The van der Waals surface area contributed by atoms with Crippen molar-refractivity contribution in [2.24, 2.45) is 0 Å². The van der Waals surface area contributed by atoms with E-state index in [0.717, 1.165) is 0 Å². The number of rotatable bonds is 9. The molecule has 0 spiro atoms. The molecule has 2 fully saturated rings. The van der Waals surface area contributed by atoms with Crippen molar-refractivity contribution in [3.05, 3.63) is 12.7 Å². The summed E-state index contributed by atoms with van der Waals surface area (Å²) >= 11 is 0. The van der Waals surface area contributed by atoms with E-state index in [1.165, 1.54) is 83.8 Å². The van der Waals surface area contributed by atoms with Crippen molar-refractivity contribution in [2.45, 2.75) is 82.7 Å². The molecular weight excluding hydrogens is 244 g/mol. The second-order valence-corrected chi connectivity index (χ2v) is 6.73. The van der Waals surface area contributed by atoms with Gasteiger partial charge in [0.25, 0.3) is 0 Å². The smallest absolute Gasteiger partial charge is 0.0362 e. The molecule has 2 nitrogen and oxygen atoms in total. The average Bonchev–Trinajstić information content (AvgIpc) is 3.13. The lowest BCUT2D eigenvalue weighted by atomic mass is 9.83. The van der Waals surface area contributed by atoms with Gasteiger partial charge < -0.3 is 5.32 Å². The average molecular weight is 278 g/mol. The second kappa shape index (κ2) is 8.19. The van der Waals surface area contributed by atoms with Crippen LogP contribution in [0.2, 0.25) is 0 Å². The number of unbranched alkanes of at least 4 members (excludes halogenated alkanes) is 1. The molecule has 116 valence electrons.